The van der Waals surface area contributed by atoms with E-state index in [1.165, 1.54) is 19.3 Å². The maximum atomic E-state index is 5.66. The van der Waals surface area contributed by atoms with Crippen molar-refractivity contribution in [3.8, 4) is 11.5 Å². The van der Waals surface area contributed by atoms with Crippen molar-refractivity contribution in [1.82, 2.24) is 15.0 Å². The lowest BCUT2D eigenvalue weighted by Gasteiger charge is -2.31. The quantitative estimate of drug-likeness (QED) is 0.816. The highest BCUT2D eigenvalue weighted by Crippen LogP contribution is 2.19. The molecule has 0 N–H and O–H groups in total. The monoisotopic (exact) mass is 317 g/mol. The normalized spacial score (nSPS) is 18.8. The van der Waals surface area contributed by atoms with E-state index in [1.54, 1.807) is 7.11 Å². The number of methoxy groups -OCH3 is 1. The number of piperidine rings is 1. The molecule has 0 aliphatic carbocycles. The zero-order valence-corrected chi connectivity index (χ0v) is 13.7. The number of ether oxygens (including phenoxy) is 2. The smallest absolute Gasteiger partial charge is 0.240 e. The average Bonchev–Trinajstić information content (AvgIpc) is 3.03. The summed E-state index contributed by atoms with van der Waals surface area (Å²) in [6.07, 6.45) is 3.79. The number of benzene rings is 1. The molecule has 1 aromatic heterocycles. The van der Waals surface area contributed by atoms with Crippen LogP contribution in [0.2, 0.25) is 0 Å². The average molecular weight is 317 g/mol. The Morgan fingerprint density at radius 3 is 2.74 bits per heavy atom. The summed E-state index contributed by atoms with van der Waals surface area (Å²) in [5.41, 5.74) is 0. The Balaban J connectivity index is 1.52. The van der Waals surface area contributed by atoms with Crippen molar-refractivity contribution < 1.29 is 14.0 Å². The van der Waals surface area contributed by atoms with Gasteiger partial charge in [0, 0.05) is 6.04 Å². The first kappa shape index (κ1) is 15.8. The minimum absolute atomic E-state index is 0.297. The molecule has 1 saturated heterocycles. The van der Waals surface area contributed by atoms with Crippen LogP contribution in [-0.2, 0) is 13.2 Å². The molecule has 0 bridgehead atoms. The van der Waals surface area contributed by atoms with Gasteiger partial charge in [-0.1, -0.05) is 11.6 Å². The fourth-order valence-electron chi connectivity index (χ4n) is 2.80. The molecule has 1 atom stereocenters. The maximum Gasteiger partial charge on any atom is 0.240 e. The summed E-state index contributed by atoms with van der Waals surface area (Å²) < 4.78 is 16.1. The van der Waals surface area contributed by atoms with Crippen LogP contribution in [0.1, 0.15) is 37.9 Å². The van der Waals surface area contributed by atoms with Crippen LogP contribution in [-0.4, -0.2) is 34.7 Å². The highest BCUT2D eigenvalue weighted by Gasteiger charge is 2.20. The SMILES string of the molecule is COc1ccc(OCc2noc(CN3CCCC[C@@H]3C)n2)cc1. The lowest BCUT2D eigenvalue weighted by molar-refractivity contribution is 0.135. The Bertz CT molecular complexity index is 612. The Morgan fingerprint density at radius 2 is 2.00 bits per heavy atom. The van der Waals surface area contributed by atoms with E-state index in [-0.39, 0.29) is 0 Å². The van der Waals surface area contributed by atoms with Crippen LogP contribution >= 0.6 is 0 Å². The molecular formula is C17H23N3O3. The summed E-state index contributed by atoms with van der Waals surface area (Å²) in [5.74, 6) is 2.78. The molecule has 1 fully saturated rings. The second-order valence-electron chi connectivity index (χ2n) is 5.88. The minimum atomic E-state index is 0.297. The van der Waals surface area contributed by atoms with Crippen molar-refractivity contribution in [3.05, 3.63) is 36.0 Å². The fourth-order valence-corrected chi connectivity index (χ4v) is 2.80. The van der Waals surface area contributed by atoms with E-state index in [9.17, 15) is 0 Å². The molecular weight excluding hydrogens is 294 g/mol. The molecule has 6 nitrogen and oxygen atoms in total. The van der Waals surface area contributed by atoms with Crippen LogP contribution < -0.4 is 9.47 Å². The summed E-state index contributed by atoms with van der Waals surface area (Å²) in [6, 6.07) is 8.00. The van der Waals surface area contributed by atoms with Gasteiger partial charge in [-0.05, 0) is 50.6 Å². The van der Waals surface area contributed by atoms with Gasteiger partial charge >= 0.3 is 0 Å². The van der Waals surface area contributed by atoms with E-state index in [0.29, 0.717) is 24.4 Å². The Morgan fingerprint density at radius 1 is 1.22 bits per heavy atom. The number of nitrogens with zero attached hydrogens (tertiary/aromatic N) is 3. The van der Waals surface area contributed by atoms with Crippen molar-refractivity contribution in [3.63, 3.8) is 0 Å². The molecule has 0 spiro atoms. The van der Waals surface area contributed by atoms with E-state index >= 15 is 0 Å². The van der Waals surface area contributed by atoms with E-state index in [0.717, 1.165) is 24.6 Å². The summed E-state index contributed by atoms with van der Waals surface area (Å²) in [6.45, 7) is 4.37. The first-order valence-corrected chi connectivity index (χ1v) is 8.07. The molecule has 1 aromatic carbocycles. The predicted molar refractivity (Wildman–Crippen MR) is 85.3 cm³/mol. The molecule has 6 heteroatoms. The third kappa shape index (κ3) is 4.22. The lowest BCUT2D eigenvalue weighted by Crippen LogP contribution is -2.36. The Hall–Kier alpha value is -2.08. The van der Waals surface area contributed by atoms with E-state index in [1.807, 2.05) is 24.3 Å². The summed E-state index contributed by atoms with van der Waals surface area (Å²) in [4.78, 5) is 6.81. The largest absolute Gasteiger partial charge is 0.497 e. The number of likely N-dealkylation sites (tertiary alicyclic amines) is 1. The Labute approximate surface area is 136 Å². The summed E-state index contributed by atoms with van der Waals surface area (Å²) in [7, 11) is 1.64. The minimum Gasteiger partial charge on any atom is -0.497 e. The van der Waals surface area contributed by atoms with Crippen LogP contribution in [0.3, 0.4) is 0 Å². The molecule has 1 aliphatic heterocycles. The molecule has 1 aliphatic rings. The third-order valence-electron chi connectivity index (χ3n) is 4.22. The fraction of sp³-hybridized carbons (Fsp3) is 0.529. The number of hydrogen-bond acceptors (Lipinski definition) is 6. The van der Waals surface area contributed by atoms with Gasteiger partial charge < -0.3 is 14.0 Å². The van der Waals surface area contributed by atoms with Gasteiger partial charge in [-0.15, -0.1) is 0 Å². The molecule has 23 heavy (non-hydrogen) atoms. The second kappa shape index (κ2) is 7.46. The number of hydrogen-bond donors (Lipinski definition) is 0. The van der Waals surface area contributed by atoms with Crippen molar-refractivity contribution in [2.24, 2.45) is 0 Å². The van der Waals surface area contributed by atoms with Gasteiger partial charge in [0.05, 0.1) is 13.7 Å². The van der Waals surface area contributed by atoms with Crippen molar-refractivity contribution in [2.45, 2.75) is 45.4 Å². The molecule has 2 aromatic rings. The van der Waals surface area contributed by atoms with Crippen LogP contribution in [0.5, 0.6) is 11.5 Å². The molecule has 0 unspecified atom stereocenters. The number of aromatic nitrogens is 2. The molecule has 0 radical (unpaired) electrons. The Kier molecular flexibility index (Phi) is 5.12. The standard InChI is InChI=1S/C17H23N3O3/c1-13-5-3-4-10-20(13)11-17-18-16(19-23-17)12-22-15-8-6-14(21-2)7-9-15/h6-9,13H,3-5,10-12H2,1-2H3/t13-/m0/s1. The van der Waals surface area contributed by atoms with E-state index in [2.05, 4.69) is 22.0 Å². The van der Waals surface area contributed by atoms with Crippen LogP contribution in [0.4, 0.5) is 0 Å². The highest BCUT2D eigenvalue weighted by molar-refractivity contribution is 5.31. The van der Waals surface area contributed by atoms with Crippen LogP contribution in [0.15, 0.2) is 28.8 Å². The molecule has 124 valence electrons. The second-order valence-corrected chi connectivity index (χ2v) is 5.88. The van der Waals surface area contributed by atoms with Gasteiger partial charge in [0.15, 0.2) is 6.61 Å². The first-order valence-electron chi connectivity index (χ1n) is 8.07. The van der Waals surface area contributed by atoms with Crippen molar-refractivity contribution in [1.29, 1.82) is 0 Å². The van der Waals surface area contributed by atoms with Crippen LogP contribution in [0, 0.1) is 0 Å². The molecule has 2 heterocycles. The van der Waals surface area contributed by atoms with Gasteiger partial charge in [0.1, 0.15) is 11.5 Å². The van der Waals surface area contributed by atoms with Crippen LogP contribution in [0.25, 0.3) is 0 Å². The van der Waals surface area contributed by atoms with E-state index in [4.69, 9.17) is 14.0 Å². The third-order valence-corrected chi connectivity index (χ3v) is 4.22. The predicted octanol–water partition coefficient (Wildman–Crippen LogP) is 3.03. The summed E-state index contributed by atoms with van der Waals surface area (Å²) in [5, 5.41) is 3.99. The van der Waals surface area contributed by atoms with Gasteiger partial charge in [-0.25, -0.2) is 0 Å². The maximum absolute atomic E-state index is 5.66. The lowest BCUT2D eigenvalue weighted by atomic mass is 10.0. The highest BCUT2D eigenvalue weighted by atomic mass is 16.5. The van der Waals surface area contributed by atoms with Gasteiger partial charge in [-0.2, -0.15) is 4.98 Å². The summed E-state index contributed by atoms with van der Waals surface area (Å²) >= 11 is 0. The first-order chi connectivity index (χ1) is 11.2. The molecule has 3 rings (SSSR count). The number of rotatable bonds is 6. The van der Waals surface area contributed by atoms with Crippen molar-refractivity contribution in [2.75, 3.05) is 13.7 Å². The zero-order valence-electron chi connectivity index (χ0n) is 13.7. The molecule has 0 amide bonds. The van der Waals surface area contributed by atoms with Gasteiger partial charge in [-0.3, -0.25) is 4.90 Å². The van der Waals surface area contributed by atoms with Crippen molar-refractivity contribution >= 4 is 0 Å². The molecule has 0 saturated carbocycles. The topological polar surface area (TPSA) is 60.6 Å². The van der Waals surface area contributed by atoms with E-state index < -0.39 is 0 Å². The van der Waals surface area contributed by atoms with Gasteiger partial charge in [0.25, 0.3) is 0 Å². The van der Waals surface area contributed by atoms with Gasteiger partial charge in [0.2, 0.25) is 11.7 Å². The zero-order chi connectivity index (χ0) is 16.1.